The van der Waals surface area contributed by atoms with Crippen molar-refractivity contribution in [3.8, 4) is 17.4 Å². The van der Waals surface area contributed by atoms with Crippen LogP contribution in [0.4, 0.5) is 5.69 Å². The number of sulfonamides is 1. The van der Waals surface area contributed by atoms with Crippen LogP contribution >= 0.6 is 0 Å². The predicted molar refractivity (Wildman–Crippen MR) is 112 cm³/mol. The Bertz CT molecular complexity index is 1250. The number of rotatable bonds is 6. The first-order valence-corrected chi connectivity index (χ1v) is 10.6. The average Bonchev–Trinajstić information content (AvgIpc) is 3.16. The molecule has 0 fully saturated rings. The van der Waals surface area contributed by atoms with Gasteiger partial charge >= 0.3 is 0 Å². The fourth-order valence-corrected chi connectivity index (χ4v) is 3.73. The van der Waals surface area contributed by atoms with Gasteiger partial charge in [0.1, 0.15) is 5.75 Å². The lowest BCUT2D eigenvalue weighted by atomic mass is 10.2. The van der Waals surface area contributed by atoms with E-state index in [9.17, 15) is 8.42 Å². The number of anilines is 1. The second kappa shape index (κ2) is 7.96. The molecule has 2 heterocycles. The number of aryl methyl sites for hydroxylation is 2. The minimum Gasteiger partial charge on any atom is -0.438 e. The highest BCUT2D eigenvalue weighted by molar-refractivity contribution is 7.92. The molecule has 9 heteroatoms. The monoisotopic (exact) mass is 421 g/mol. The number of nitrogens with one attached hydrogen (secondary N) is 1. The van der Waals surface area contributed by atoms with Crippen molar-refractivity contribution in [2.75, 3.05) is 4.72 Å². The van der Waals surface area contributed by atoms with Crippen LogP contribution in [0.25, 0.3) is 5.82 Å². The first-order valence-electron chi connectivity index (χ1n) is 9.13. The van der Waals surface area contributed by atoms with Gasteiger partial charge in [0.25, 0.3) is 10.0 Å². The number of ether oxygens (including phenoxy) is 1. The summed E-state index contributed by atoms with van der Waals surface area (Å²) in [7, 11) is -3.65. The minimum atomic E-state index is -3.65. The van der Waals surface area contributed by atoms with Crippen molar-refractivity contribution in [1.82, 2.24) is 20.0 Å². The number of aromatic nitrogens is 4. The molecule has 8 nitrogen and oxygen atoms in total. The molecule has 2 aromatic heterocycles. The van der Waals surface area contributed by atoms with E-state index in [1.807, 2.05) is 19.9 Å². The second-order valence-corrected chi connectivity index (χ2v) is 8.36. The zero-order valence-corrected chi connectivity index (χ0v) is 17.2. The lowest BCUT2D eigenvalue weighted by Crippen LogP contribution is -2.12. The molecule has 0 saturated heterocycles. The van der Waals surface area contributed by atoms with Gasteiger partial charge in [-0.3, -0.25) is 4.72 Å². The predicted octanol–water partition coefficient (Wildman–Crippen LogP) is 3.87. The lowest BCUT2D eigenvalue weighted by molar-refractivity contribution is 0.454. The molecule has 0 amide bonds. The highest BCUT2D eigenvalue weighted by Gasteiger charge is 2.14. The van der Waals surface area contributed by atoms with E-state index in [0.29, 0.717) is 23.1 Å². The summed E-state index contributed by atoms with van der Waals surface area (Å²) in [4.78, 5) is 0.205. The lowest BCUT2D eigenvalue weighted by Gasteiger charge is -2.09. The van der Waals surface area contributed by atoms with Crippen LogP contribution in [0.1, 0.15) is 11.3 Å². The number of hydrogen-bond donors (Lipinski definition) is 1. The van der Waals surface area contributed by atoms with Crippen LogP contribution in [0.3, 0.4) is 0 Å². The second-order valence-electron chi connectivity index (χ2n) is 6.68. The summed E-state index contributed by atoms with van der Waals surface area (Å²) in [5.41, 5.74) is 2.31. The van der Waals surface area contributed by atoms with E-state index in [0.717, 1.165) is 11.3 Å². The Morgan fingerprint density at radius 3 is 2.20 bits per heavy atom. The molecule has 0 aliphatic rings. The molecule has 0 aliphatic heterocycles. The molecule has 0 saturated carbocycles. The summed E-state index contributed by atoms with van der Waals surface area (Å²) in [6, 6.07) is 18.5. The SMILES string of the molecule is Cc1ccc(S(=O)(=O)Nc2ccc(Oc3ccc(-n4ccc(C)n4)nn3)cc2)cc1. The molecule has 0 atom stereocenters. The van der Waals surface area contributed by atoms with Gasteiger partial charge in [0.05, 0.1) is 10.6 Å². The molecule has 4 rings (SSSR count). The van der Waals surface area contributed by atoms with Crippen molar-refractivity contribution in [3.63, 3.8) is 0 Å². The van der Waals surface area contributed by atoms with Crippen LogP contribution in [0, 0.1) is 13.8 Å². The van der Waals surface area contributed by atoms with Crippen molar-refractivity contribution in [2.24, 2.45) is 0 Å². The number of benzene rings is 2. The Morgan fingerprint density at radius 1 is 0.867 bits per heavy atom. The zero-order valence-electron chi connectivity index (χ0n) is 16.4. The summed E-state index contributed by atoms with van der Waals surface area (Å²) in [5.74, 6) is 1.40. The molecule has 1 N–H and O–H groups in total. The molecule has 0 aliphatic carbocycles. The summed E-state index contributed by atoms with van der Waals surface area (Å²) >= 11 is 0. The van der Waals surface area contributed by atoms with Crippen LogP contribution in [0.5, 0.6) is 11.6 Å². The molecule has 2 aromatic carbocycles. The zero-order chi connectivity index (χ0) is 21.1. The molecule has 0 bridgehead atoms. The van der Waals surface area contributed by atoms with Crippen LogP contribution in [-0.4, -0.2) is 28.4 Å². The number of hydrogen-bond acceptors (Lipinski definition) is 6. The highest BCUT2D eigenvalue weighted by Crippen LogP contribution is 2.23. The van der Waals surface area contributed by atoms with Gasteiger partial charge < -0.3 is 4.74 Å². The van der Waals surface area contributed by atoms with E-state index < -0.39 is 10.0 Å². The van der Waals surface area contributed by atoms with Gasteiger partial charge in [-0.15, -0.1) is 10.2 Å². The third kappa shape index (κ3) is 4.47. The largest absolute Gasteiger partial charge is 0.438 e. The van der Waals surface area contributed by atoms with Crippen LogP contribution in [0.2, 0.25) is 0 Å². The summed E-state index contributed by atoms with van der Waals surface area (Å²) < 4.78 is 34.8. The molecule has 0 spiro atoms. The Kier molecular flexibility index (Phi) is 5.20. The maximum absolute atomic E-state index is 12.5. The molecular weight excluding hydrogens is 402 g/mol. The summed E-state index contributed by atoms with van der Waals surface area (Å²) in [6.07, 6.45) is 1.80. The Labute approximate surface area is 174 Å². The van der Waals surface area contributed by atoms with Crippen LogP contribution in [-0.2, 0) is 10.0 Å². The van der Waals surface area contributed by atoms with Gasteiger partial charge in [0, 0.05) is 18.0 Å². The minimum absolute atomic E-state index is 0.205. The first-order chi connectivity index (χ1) is 14.4. The average molecular weight is 421 g/mol. The van der Waals surface area contributed by atoms with Crippen molar-refractivity contribution in [2.45, 2.75) is 18.7 Å². The quantitative estimate of drug-likeness (QED) is 0.507. The topological polar surface area (TPSA) is 99.0 Å². The van der Waals surface area contributed by atoms with Crippen molar-refractivity contribution in [1.29, 1.82) is 0 Å². The standard InChI is InChI=1S/C21H19N5O3S/c1-15-3-9-19(10-4-15)30(27,28)25-17-5-7-18(8-6-17)29-21-12-11-20(22-23-21)26-14-13-16(2)24-26/h3-14,25H,1-2H3. The van der Waals surface area contributed by atoms with E-state index in [1.165, 1.54) is 0 Å². The molecular formula is C21H19N5O3S. The van der Waals surface area contributed by atoms with Crippen molar-refractivity contribution in [3.05, 3.63) is 84.2 Å². The van der Waals surface area contributed by atoms with E-state index in [2.05, 4.69) is 20.0 Å². The van der Waals surface area contributed by atoms with E-state index in [4.69, 9.17) is 4.74 Å². The third-order valence-corrected chi connectivity index (χ3v) is 5.64. The highest BCUT2D eigenvalue weighted by atomic mass is 32.2. The van der Waals surface area contributed by atoms with Crippen molar-refractivity contribution >= 4 is 15.7 Å². The Morgan fingerprint density at radius 2 is 1.60 bits per heavy atom. The third-order valence-electron chi connectivity index (χ3n) is 4.24. The van der Waals surface area contributed by atoms with Crippen LogP contribution in [0.15, 0.2) is 77.8 Å². The Hall–Kier alpha value is -3.72. The number of nitrogens with zero attached hydrogens (tertiary/aromatic N) is 4. The van der Waals surface area contributed by atoms with Gasteiger partial charge in [-0.05, 0) is 62.4 Å². The van der Waals surface area contributed by atoms with Crippen molar-refractivity contribution < 1.29 is 13.2 Å². The maximum Gasteiger partial charge on any atom is 0.261 e. The molecule has 0 unspecified atom stereocenters. The van der Waals surface area contributed by atoms with E-state index >= 15 is 0 Å². The first kappa shape index (κ1) is 19.6. The normalized spacial score (nSPS) is 11.3. The van der Waals surface area contributed by atoms with Gasteiger partial charge in [0.2, 0.25) is 5.88 Å². The molecule has 30 heavy (non-hydrogen) atoms. The smallest absolute Gasteiger partial charge is 0.261 e. The molecule has 0 radical (unpaired) electrons. The van der Waals surface area contributed by atoms with Crippen LogP contribution < -0.4 is 9.46 Å². The maximum atomic E-state index is 12.5. The van der Waals surface area contributed by atoms with E-state index in [1.54, 1.807) is 71.5 Å². The fraction of sp³-hybridized carbons (Fsp3) is 0.0952. The molecule has 4 aromatic rings. The summed E-state index contributed by atoms with van der Waals surface area (Å²) in [6.45, 7) is 3.80. The van der Waals surface area contributed by atoms with E-state index in [-0.39, 0.29) is 4.90 Å². The fourth-order valence-electron chi connectivity index (χ4n) is 2.68. The van der Waals surface area contributed by atoms with Gasteiger partial charge in [-0.25, -0.2) is 13.1 Å². The van der Waals surface area contributed by atoms with Gasteiger partial charge in [-0.2, -0.15) is 5.10 Å². The Balaban J connectivity index is 1.43. The van der Waals surface area contributed by atoms with Gasteiger partial charge in [-0.1, -0.05) is 17.7 Å². The summed E-state index contributed by atoms with van der Waals surface area (Å²) in [5, 5.41) is 12.4. The molecule has 152 valence electrons. The van der Waals surface area contributed by atoms with Gasteiger partial charge in [0.15, 0.2) is 5.82 Å².